The number of hydrogen-bond donors (Lipinski definition) is 3. The molecule has 0 heterocycles. The largest absolute Gasteiger partial charge is 0.483 e. The van der Waals surface area contributed by atoms with Crippen LogP contribution in [0.4, 0.5) is 11.4 Å². The van der Waals surface area contributed by atoms with Gasteiger partial charge in [0.05, 0.1) is 6.21 Å². The molecule has 35 heavy (non-hydrogen) atoms. The molecule has 0 spiro atoms. The van der Waals surface area contributed by atoms with Gasteiger partial charge in [-0.15, -0.1) is 0 Å². The SMILES string of the molecule is Cc1cccc(C)c1NC(=O)C(=O)N/N=C\c1cc(Br)ccc1OCC(=O)Nc1ccc(Cl)cc1. The van der Waals surface area contributed by atoms with Gasteiger partial charge in [-0.3, -0.25) is 14.4 Å². The van der Waals surface area contributed by atoms with Gasteiger partial charge >= 0.3 is 11.8 Å². The Hall–Kier alpha value is -3.69. The van der Waals surface area contributed by atoms with Gasteiger partial charge in [0.1, 0.15) is 5.75 Å². The van der Waals surface area contributed by atoms with Crippen LogP contribution in [0.25, 0.3) is 0 Å². The first-order chi connectivity index (χ1) is 16.7. The first kappa shape index (κ1) is 25.9. The van der Waals surface area contributed by atoms with E-state index in [1.54, 1.807) is 42.5 Å². The van der Waals surface area contributed by atoms with Crippen molar-refractivity contribution in [2.24, 2.45) is 5.10 Å². The van der Waals surface area contributed by atoms with Crippen molar-refractivity contribution in [3.05, 3.63) is 86.8 Å². The zero-order valence-electron chi connectivity index (χ0n) is 18.9. The number of ether oxygens (including phenoxy) is 1. The van der Waals surface area contributed by atoms with Crippen molar-refractivity contribution in [2.45, 2.75) is 13.8 Å². The third-order valence-corrected chi connectivity index (χ3v) is 5.50. The van der Waals surface area contributed by atoms with Crippen LogP contribution >= 0.6 is 27.5 Å². The molecule has 3 rings (SSSR count). The van der Waals surface area contributed by atoms with Crippen LogP contribution in [0.3, 0.4) is 0 Å². The average Bonchev–Trinajstić information content (AvgIpc) is 2.82. The van der Waals surface area contributed by atoms with Crippen molar-refractivity contribution in [1.82, 2.24) is 5.43 Å². The highest BCUT2D eigenvalue weighted by atomic mass is 79.9. The summed E-state index contributed by atoms with van der Waals surface area (Å²) < 4.78 is 6.35. The normalized spacial score (nSPS) is 10.6. The molecular formula is C25H22BrClN4O4. The number of benzene rings is 3. The number of nitrogens with zero attached hydrogens (tertiary/aromatic N) is 1. The molecule has 0 radical (unpaired) electrons. The molecule has 10 heteroatoms. The molecule has 0 saturated heterocycles. The Morgan fingerprint density at radius 1 is 0.971 bits per heavy atom. The van der Waals surface area contributed by atoms with Crippen LogP contribution < -0.4 is 20.8 Å². The van der Waals surface area contributed by atoms with E-state index in [0.29, 0.717) is 27.7 Å². The Morgan fingerprint density at radius 3 is 2.34 bits per heavy atom. The number of hydrogen-bond acceptors (Lipinski definition) is 5. The number of anilines is 2. The maximum Gasteiger partial charge on any atom is 0.329 e. The lowest BCUT2D eigenvalue weighted by Gasteiger charge is -2.11. The molecule has 3 N–H and O–H groups in total. The minimum atomic E-state index is -0.927. The summed E-state index contributed by atoms with van der Waals surface area (Å²) in [6, 6.07) is 17.3. The van der Waals surface area contributed by atoms with Crippen LogP contribution in [0.5, 0.6) is 5.75 Å². The highest BCUT2D eigenvalue weighted by molar-refractivity contribution is 9.10. The Kier molecular flexibility index (Phi) is 8.99. The predicted molar refractivity (Wildman–Crippen MR) is 140 cm³/mol. The maximum absolute atomic E-state index is 12.2. The van der Waals surface area contributed by atoms with E-state index >= 15 is 0 Å². The van der Waals surface area contributed by atoms with E-state index in [9.17, 15) is 14.4 Å². The molecule has 0 aliphatic rings. The second-order valence-electron chi connectivity index (χ2n) is 7.45. The van der Waals surface area contributed by atoms with Crippen LogP contribution in [0.1, 0.15) is 16.7 Å². The highest BCUT2D eigenvalue weighted by Crippen LogP contribution is 2.22. The number of hydrazone groups is 1. The molecule has 8 nitrogen and oxygen atoms in total. The van der Waals surface area contributed by atoms with E-state index in [1.165, 1.54) is 6.21 Å². The van der Waals surface area contributed by atoms with Gasteiger partial charge in [0.15, 0.2) is 6.61 Å². The van der Waals surface area contributed by atoms with E-state index < -0.39 is 11.8 Å². The Morgan fingerprint density at radius 2 is 1.66 bits per heavy atom. The molecule has 0 aliphatic heterocycles. The maximum atomic E-state index is 12.2. The van der Waals surface area contributed by atoms with Crippen molar-refractivity contribution >= 4 is 62.8 Å². The van der Waals surface area contributed by atoms with Gasteiger partial charge in [0.25, 0.3) is 5.91 Å². The summed E-state index contributed by atoms with van der Waals surface area (Å²) in [6.07, 6.45) is 1.32. The van der Waals surface area contributed by atoms with E-state index in [4.69, 9.17) is 16.3 Å². The smallest absolute Gasteiger partial charge is 0.329 e. The summed E-state index contributed by atoms with van der Waals surface area (Å²) in [4.78, 5) is 36.6. The number of amides is 3. The molecular weight excluding hydrogens is 536 g/mol. The summed E-state index contributed by atoms with van der Waals surface area (Å²) in [7, 11) is 0. The van der Waals surface area contributed by atoms with Crippen molar-refractivity contribution in [1.29, 1.82) is 0 Å². The van der Waals surface area contributed by atoms with Crippen LogP contribution in [0.15, 0.2) is 70.2 Å². The standard InChI is InChI=1S/C25H22BrClN4O4/c1-15-4-3-5-16(2)23(15)30-24(33)25(34)31-28-13-17-12-18(26)6-11-21(17)35-14-22(32)29-20-9-7-19(27)8-10-20/h3-13H,14H2,1-2H3,(H,29,32)(H,30,33)(H,31,34)/b28-13-. The van der Waals surface area contributed by atoms with Gasteiger partial charge in [-0.05, 0) is 67.4 Å². The number of aryl methyl sites for hydroxylation is 2. The lowest BCUT2D eigenvalue weighted by molar-refractivity contribution is -0.136. The van der Waals surface area contributed by atoms with Crippen molar-refractivity contribution in [3.8, 4) is 5.75 Å². The molecule has 0 aliphatic carbocycles. The molecule has 3 amide bonds. The number of nitrogens with one attached hydrogen (secondary N) is 3. The van der Waals surface area contributed by atoms with E-state index in [-0.39, 0.29) is 12.5 Å². The lowest BCUT2D eigenvalue weighted by Crippen LogP contribution is -2.32. The molecule has 0 unspecified atom stereocenters. The topological polar surface area (TPSA) is 109 Å². The van der Waals surface area contributed by atoms with Gasteiger partial charge in [0.2, 0.25) is 0 Å². The van der Waals surface area contributed by atoms with Crippen LogP contribution in [0, 0.1) is 13.8 Å². The Bertz CT molecular complexity index is 1260. The molecule has 3 aromatic rings. The van der Waals surface area contributed by atoms with Crippen molar-refractivity contribution < 1.29 is 19.1 Å². The quantitative estimate of drug-likeness (QED) is 0.220. The van der Waals surface area contributed by atoms with Gasteiger partial charge in [-0.25, -0.2) is 5.43 Å². The first-order valence-corrected chi connectivity index (χ1v) is 11.6. The summed E-state index contributed by atoms with van der Waals surface area (Å²) in [6.45, 7) is 3.42. The number of halogens is 2. The fourth-order valence-corrected chi connectivity index (χ4v) is 3.52. The number of carbonyl (C=O) groups excluding carboxylic acids is 3. The zero-order valence-corrected chi connectivity index (χ0v) is 21.2. The molecule has 0 saturated carbocycles. The summed E-state index contributed by atoms with van der Waals surface area (Å²) in [5.41, 5.74) is 5.52. The molecule has 0 aromatic heterocycles. The van der Waals surface area contributed by atoms with Crippen LogP contribution in [-0.4, -0.2) is 30.5 Å². The summed E-state index contributed by atoms with van der Waals surface area (Å²) in [5, 5.41) is 9.71. The van der Waals surface area contributed by atoms with Gasteiger partial charge in [-0.2, -0.15) is 5.10 Å². The Labute approximate surface area is 215 Å². The minimum absolute atomic E-state index is 0.254. The van der Waals surface area contributed by atoms with Gasteiger partial charge in [0, 0.05) is 26.4 Å². The first-order valence-electron chi connectivity index (χ1n) is 10.4. The molecule has 180 valence electrons. The van der Waals surface area contributed by atoms with Gasteiger partial charge in [-0.1, -0.05) is 45.7 Å². The van der Waals surface area contributed by atoms with E-state index in [0.717, 1.165) is 15.6 Å². The van der Waals surface area contributed by atoms with Crippen molar-refractivity contribution in [2.75, 3.05) is 17.2 Å². The zero-order chi connectivity index (χ0) is 25.4. The third-order valence-electron chi connectivity index (χ3n) is 4.75. The van der Waals surface area contributed by atoms with Crippen LogP contribution in [0.2, 0.25) is 5.02 Å². The molecule has 0 fully saturated rings. The lowest BCUT2D eigenvalue weighted by atomic mass is 10.1. The fraction of sp³-hybridized carbons (Fsp3) is 0.120. The fourth-order valence-electron chi connectivity index (χ4n) is 3.02. The predicted octanol–water partition coefficient (Wildman–Crippen LogP) is 4.83. The van der Waals surface area contributed by atoms with E-state index in [2.05, 4.69) is 37.1 Å². The molecule has 0 atom stereocenters. The second-order valence-corrected chi connectivity index (χ2v) is 8.80. The second kappa shape index (κ2) is 12.1. The van der Waals surface area contributed by atoms with Crippen molar-refractivity contribution in [3.63, 3.8) is 0 Å². The summed E-state index contributed by atoms with van der Waals surface area (Å²) in [5.74, 6) is -1.78. The molecule has 3 aromatic carbocycles. The monoisotopic (exact) mass is 556 g/mol. The third kappa shape index (κ3) is 7.66. The Balaban J connectivity index is 1.59. The average molecular weight is 558 g/mol. The number of para-hydroxylation sites is 1. The van der Waals surface area contributed by atoms with Gasteiger partial charge < -0.3 is 15.4 Å². The van der Waals surface area contributed by atoms with E-state index in [1.807, 2.05) is 32.0 Å². The number of carbonyl (C=O) groups is 3. The molecule has 0 bridgehead atoms. The minimum Gasteiger partial charge on any atom is -0.483 e. The number of rotatable bonds is 7. The summed E-state index contributed by atoms with van der Waals surface area (Å²) >= 11 is 9.21. The highest BCUT2D eigenvalue weighted by Gasteiger charge is 2.15. The van der Waals surface area contributed by atoms with Crippen LogP contribution in [-0.2, 0) is 14.4 Å².